The molecule has 0 spiro atoms. The molecule has 3 heterocycles. The molecule has 0 fully saturated rings. The van der Waals surface area contributed by atoms with Crippen LogP contribution in [0.1, 0.15) is 24.1 Å². The van der Waals surface area contributed by atoms with E-state index in [1.807, 2.05) is 0 Å². The molecule has 1 aliphatic carbocycles. The van der Waals surface area contributed by atoms with Gasteiger partial charge in [0.1, 0.15) is 0 Å². The standard InChI is InChI=1S/C33H30BNSe2Si/c1-38(2,3)21-16-17-25-31(20-21)36-30-19-18-28(33-32(30)34(25)24-12-6-9-15-29(24)37-33)35-26-13-7-4-10-22(26)23-11-5-8-14-27(23)35/h4,6-7,9-10,12-13,15-20H,5,8,11,14H2,1-3H3. The fraction of sp³-hybridized carbons (Fsp3) is 0.212. The van der Waals surface area contributed by atoms with Crippen molar-refractivity contribution in [3.05, 3.63) is 90.1 Å². The topological polar surface area (TPSA) is 4.93 Å². The molecule has 5 aromatic rings. The average Bonchev–Trinajstić information content (AvgIpc) is 3.26. The summed E-state index contributed by atoms with van der Waals surface area (Å²) in [5.74, 6) is 0. The van der Waals surface area contributed by atoms with Gasteiger partial charge in [-0.2, -0.15) is 0 Å². The van der Waals surface area contributed by atoms with Crippen molar-refractivity contribution in [1.29, 1.82) is 0 Å². The number of hydrogen-bond acceptors (Lipinski definition) is 0. The number of rotatable bonds is 2. The average molecular weight is 637 g/mol. The number of hydrogen-bond donors (Lipinski definition) is 0. The predicted octanol–water partition coefficient (Wildman–Crippen LogP) is 1.51. The zero-order valence-corrected chi connectivity index (χ0v) is 26.6. The van der Waals surface area contributed by atoms with Gasteiger partial charge in [-0.3, -0.25) is 0 Å². The summed E-state index contributed by atoms with van der Waals surface area (Å²) < 4.78 is 9.11. The Bertz CT molecular complexity index is 1780. The number of para-hydroxylation sites is 1. The Kier molecular flexibility index (Phi) is 5.36. The van der Waals surface area contributed by atoms with Crippen LogP contribution in [-0.2, 0) is 12.8 Å². The molecule has 38 heavy (non-hydrogen) atoms. The van der Waals surface area contributed by atoms with Crippen molar-refractivity contribution < 1.29 is 0 Å². The van der Waals surface area contributed by atoms with Gasteiger partial charge in [-0.15, -0.1) is 0 Å². The van der Waals surface area contributed by atoms with E-state index in [4.69, 9.17) is 0 Å². The molecule has 2 aliphatic heterocycles. The van der Waals surface area contributed by atoms with Crippen molar-refractivity contribution >= 4 is 95.0 Å². The van der Waals surface area contributed by atoms with E-state index in [9.17, 15) is 0 Å². The summed E-state index contributed by atoms with van der Waals surface area (Å²) in [4.78, 5) is 0. The number of fused-ring (bicyclic) bond motifs is 7. The van der Waals surface area contributed by atoms with Gasteiger partial charge in [0.2, 0.25) is 0 Å². The molecule has 5 heteroatoms. The molecule has 4 aromatic carbocycles. The van der Waals surface area contributed by atoms with E-state index < -0.39 is 8.07 Å². The van der Waals surface area contributed by atoms with Crippen LogP contribution < -0.4 is 39.4 Å². The van der Waals surface area contributed by atoms with Gasteiger partial charge in [-0.1, -0.05) is 0 Å². The van der Waals surface area contributed by atoms with E-state index in [1.165, 1.54) is 42.3 Å². The predicted molar refractivity (Wildman–Crippen MR) is 170 cm³/mol. The monoisotopic (exact) mass is 639 g/mol. The number of aromatic nitrogens is 1. The van der Waals surface area contributed by atoms with Gasteiger partial charge >= 0.3 is 241 Å². The first-order chi connectivity index (χ1) is 18.5. The molecule has 0 atom stereocenters. The summed E-state index contributed by atoms with van der Waals surface area (Å²) in [6, 6.07) is 31.1. The molecule has 0 amide bonds. The Morgan fingerprint density at radius 2 is 1.53 bits per heavy atom. The van der Waals surface area contributed by atoms with E-state index in [0.29, 0.717) is 36.6 Å². The Balaban J connectivity index is 1.41. The number of benzene rings is 4. The molecule has 8 rings (SSSR count). The van der Waals surface area contributed by atoms with Crippen LogP contribution in [0.2, 0.25) is 19.6 Å². The Morgan fingerprint density at radius 3 is 2.42 bits per heavy atom. The number of nitrogens with zero attached hydrogens (tertiary/aromatic N) is 1. The summed E-state index contributed by atoms with van der Waals surface area (Å²) in [6.07, 6.45) is 5.03. The Hall–Kier alpha value is -2.26. The summed E-state index contributed by atoms with van der Waals surface area (Å²) in [5, 5.41) is 3.07. The Morgan fingerprint density at radius 1 is 0.737 bits per heavy atom. The molecular weight excluding hydrogens is 607 g/mol. The van der Waals surface area contributed by atoms with Gasteiger partial charge in [0, 0.05) is 0 Å². The van der Waals surface area contributed by atoms with Crippen LogP contribution in [-0.4, -0.2) is 49.3 Å². The van der Waals surface area contributed by atoms with Gasteiger partial charge in [0.15, 0.2) is 0 Å². The van der Waals surface area contributed by atoms with Crippen molar-refractivity contribution in [2.45, 2.75) is 45.3 Å². The fourth-order valence-electron chi connectivity index (χ4n) is 6.83. The van der Waals surface area contributed by atoms with Gasteiger partial charge in [-0.25, -0.2) is 0 Å². The fourth-order valence-corrected chi connectivity index (χ4v) is 13.7. The van der Waals surface area contributed by atoms with Crippen LogP contribution in [0.15, 0.2) is 78.9 Å². The molecule has 0 bridgehead atoms. The zero-order chi connectivity index (χ0) is 25.6. The molecule has 0 saturated heterocycles. The third-order valence-corrected chi connectivity index (χ3v) is 15.7. The zero-order valence-electron chi connectivity index (χ0n) is 22.2. The van der Waals surface area contributed by atoms with Crippen LogP contribution in [0.5, 0.6) is 0 Å². The normalized spacial score (nSPS) is 15.6. The Labute approximate surface area is 239 Å². The number of aryl methyl sites for hydroxylation is 1. The molecule has 1 nitrogen and oxygen atoms in total. The maximum absolute atomic E-state index is 2.68. The quantitative estimate of drug-likeness (QED) is 0.254. The van der Waals surface area contributed by atoms with Crippen molar-refractivity contribution in [2.24, 2.45) is 0 Å². The van der Waals surface area contributed by atoms with Crippen LogP contribution >= 0.6 is 0 Å². The summed E-state index contributed by atoms with van der Waals surface area (Å²) in [5.41, 5.74) is 10.8. The van der Waals surface area contributed by atoms with Crippen LogP contribution in [0.4, 0.5) is 0 Å². The van der Waals surface area contributed by atoms with E-state index in [1.54, 1.807) is 50.7 Å². The van der Waals surface area contributed by atoms with Crippen LogP contribution in [0, 0.1) is 0 Å². The first-order valence-electron chi connectivity index (χ1n) is 13.9. The molecular formula is C33H30BNSe2Si. The van der Waals surface area contributed by atoms with Gasteiger partial charge in [-0.05, 0) is 0 Å². The molecule has 1 aromatic heterocycles. The van der Waals surface area contributed by atoms with E-state index in [-0.39, 0.29) is 0 Å². The SMILES string of the molecule is C[Si](C)(C)c1ccc2c(c1)[Se]c1ccc(-n3c4c(c5ccccc53)CCCC4)c3c1B2c1ccccc1[Se]3. The molecule has 3 aliphatic rings. The minimum absolute atomic E-state index is 0.298. The van der Waals surface area contributed by atoms with Crippen molar-refractivity contribution in [3.8, 4) is 5.69 Å². The molecule has 0 radical (unpaired) electrons. The summed E-state index contributed by atoms with van der Waals surface area (Å²) in [7, 11) is -1.36. The van der Waals surface area contributed by atoms with Crippen molar-refractivity contribution in [1.82, 2.24) is 4.57 Å². The van der Waals surface area contributed by atoms with Crippen LogP contribution in [0.25, 0.3) is 16.6 Å². The molecule has 0 N–H and O–H groups in total. The van der Waals surface area contributed by atoms with Gasteiger partial charge in [0.25, 0.3) is 0 Å². The van der Waals surface area contributed by atoms with Gasteiger partial charge in [0.05, 0.1) is 0 Å². The second-order valence-corrected chi connectivity index (χ2v) is 21.5. The van der Waals surface area contributed by atoms with E-state index >= 15 is 0 Å². The third-order valence-electron chi connectivity index (χ3n) is 8.70. The molecule has 186 valence electrons. The first-order valence-corrected chi connectivity index (χ1v) is 20.8. The van der Waals surface area contributed by atoms with Gasteiger partial charge < -0.3 is 0 Å². The first kappa shape index (κ1) is 23.6. The van der Waals surface area contributed by atoms with E-state index in [0.717, 1.165) is 0 Å². The summed E-state index contributed by atoms with van der Waals surface area (Å²) in [6.45, 7) is 7.79. The maximum atomic E-state index is 2.68. The van der Waals surface area contributed by atoms with Crippen molar-refractivity contribution in [3.63, 3.8) is 0 Å². The molecule has 0 unspecified atom stereocenters. The summed E-state index contributed by atoms with van der Waals surface area (Å²) >= 11 is 0.650. The molecule has 0 saturated carbocycles. The second kappa shape index (κ2) is 8.62. The van der Waals surface area contributed by atoms with Crippen LogP contribution in [0.3, 0.4) is 0 Å². The van der Waals surface area contributed by atoms with Crippen molar-refractivity contribution in [2.75, 3.05) is 0 Å². The second-order valence-electron chi connectivity index (χ2n) is 12.0. The third kappa shape index (κ3) is 3.43. The minimum atomic E-state index is -1.36. The van der Waals surface area contributed by atoms with E-state index in [2.05, 4.69) is 103 Å².